The topological polar surface area (TPSA) is 78.9 Å². The third kappa shape index (κ3) is 4.13. The third-order valence-electron chi connectivity index (χ3n) is 5.53. The number of carbonyl (C=O) groups excluding carboxylic acids is 2. The fourth-order valence-corrected chi connectivity index (χ4v) is 6.98. The highest BCUT2D eigenvalue weighted by molar-refractivity contribution is 7.68. The Morgan fingerprint density at radius 2 is 1.36 bits per heavy atom. The molecule has 1 aliphatic heterocycles. The average Bonchev–Trinajstić information content (AvgIpc) is 2.84. The molecule has 1 aliphatic rings. The quantitative estimate of drug-likeness (QED) is 0.331. The van der Waals surface area contributed by atoms with E-state index in [4.69, 9.17) is 14.0 Å². The lowest BCUT2D eigenvalue weighted by Crippen LogP contribution is -2.22. The second kappa shape index (κ2) is 9.31. The van der Waals surface area contributed by atoms with Crippen LogP contribution in [0.3, 0.4) is 0 Å². The Balaban J connectivity index is 1.92. The van der Waals surface area contributed by atoms with Crippen molar-refractivity contribution in [1.29, 1.82) is 0 Å². The molecule has 0 saturated heterocycles. The molecule has 1 heterocycles. The zero-order chi connectivity index (χ0) is 23.4. The van der Waals surface area contributed by atoms with Crippen molar-refractivity contribution < 1.29 is 28.2 Å². The van der Waals surface area contributed by atoms with E-state index in [1.165, 1.54) is 0 Å². The van der Waals surface area contributed by atoms with Crippen molar-refractivity contribution in [2.45, 2.75) is 12.6 Å². The molecule has 0 amide bonds. The first-order chi connectivity index (χ1) is 16.0. The lowest BCUT2D eigenvalue weighted by molar-refractivity contribution is -0.121. The lowest BCUT2D eigenvalue weighted by atomic mass is 10.0. The summed E-state index contributed by atoms with van der Waals surface area (Å²) in [4.78, 5) is 21.4. The van der Waals surface area contributed by atoms with Gasteiger partial charge in [-0.2, -0.15) is 0 Å². The first kappa shape index (κ1) is 22.3. The van der Waals surface area contributed by atoms with Crippen molar-refractivity contribution >= 4 is 31.2 Å². The summed E-state index contributed by atoms with van der Waals surface area (Å²) < 4.78 is 30.9. The van der Waals surface area contributed by atoms with Gasteiger partial charge in [-0.25, -0.2) is 0 Å². The maximum absolute atomic E-state index is 14.8. The molecule has 3 aromatic rings. The molecule has 4 rings (SSSR count). The lowest BCUT2D eigenvalue weighted by Gasteiger charge is -2.34. The number of carbonyl (C=O) groups is 2. The Bertz CT molecular complexity index is 1220. The van der Waals surface area contributed by atoms with E-state index < -0.39 is 13.0 Å². The molecule has 166 valence electrons. The van der Waals surface area contributed by atoms with Crippen LogP contribution in [0.1, 0.15) is 29.3 Å². The van der Waals surface area contributed by atoms with E-state index in [-0.39, 0.29) is 0 Å². The fourth-order valence-electron chi connectivity index (χ4n) is 3.99. The second-order valence-corrected chi connectivity index (χ2v) is 9.74. The molecule has 0 N–H and O–H groups in total. The van der Waals surface area contributed by atoms with Crippen molar-refractivity contribution in [3.05, 3.63) is 108 Å². The zero-order valence-electron chi connectivity index (χ0n) is 17.8. The molecule has 0 fully saturated rings. The number of rotatable bonds is 8. The first-order valence-electron chi connectivity index (χ1n) is 10.1. The van der Waals surface area contributed by atoms with Gasteiger partial charge in [-0.05, 0) is 65.6 Å². The molecule has 0 aliphatic carbocycles. The highest BCUT2D eigenvalue weighted by Gasteiger charge is 2.44. The molecule has 0 bridgehead atoms. The summed E-state index contributed by atoms with van der Waals surface area (Å²) >= 11 is 0. The summed E-state index contributed by atoms with van der Waals surface area (Å²) in [6, 6.07) is 21.0. The highest BCUT2D eigenvalue weighted by atomic mass is 31.2. The summed E-state index contributed by atoms with van der Waals surface area (Å²) in [7, 11) is -3.58. The van der Waals surface area contributed by atoms with Crippen LogP contribution in [0, 0.1) is 0 Å². The van der Waals surface area contributed by atoms with Crippen molar-refractivity contribution in [1.82, 2.24) is 0 Å². The molecule has 33 heavy (non-hydrogen) atoms. The Kier molecular flexibility index (Phi) is 6.29. The average molecular weight is 460 g/mol. The minimum Gasteiger partial charge on any atom is -0.439 e. The van der Waals surface area contributed by atoms with E-state index in [1.54, 1.807) is 54.6 Å². The van der Waals surface area contributed by atoms with E-state index in [0.29, 0.717) is 46.6 Å². The van der Waals surface area contributed by atoms with Gasteiger partial charge in [-0.15, -0.1) is 0 Å². The SMILES string of the molecule is C=CC1=C(C)c2ccccc2P(=O)(C(c2ccc(OC=O)cc2)c2ccc(OC=O)cc2)O1. The van der Waals surface area contributed by atoms with Gasteiger partial charge in [-0.3, -0.25) is 14.2 Å². The Morgan fingerprint density at radius 1 is 0.848 bits per heavy atom. The van der Waals surface area contributed by atoms with Crippen LogP contribution in [0.4, 0.5) is 0 Å². The van der Waals surface area contributed by atoms with Gasteiger partial charge in [-0.1, -0.05) is 49.0 Å². The van der Waals surface area contributed by atoms with Crippen molar-refractivity contribution in [3.63, 3.8) is 0 Å². The summed E-state index contributed by atoms with van der Waals surface area (Å²) in [5.74, 6) is 1.20. The van der Waals surface area contributed by atoms with Gasteiger partial charge in [0.1, 0.15) is 22.9 Å². The summed E-state index contributed by atoms with van der Waals surface area (Å²) in [6.07, 6.45) is 1.57. The Hall–Kier alpha value is -3.89. The van der Waals surface area contributed by atoms with Crippen molar-refractivity contribution in [2.75, 3.05) is 0 Å². The third-order valence-corrected chi connectivity index (χ3v) is 8.34. The van der Waals surface area contributed by atoms with Crippen molar-refractivity contribution in [2.24, 2.45) is 0 Å². The molecule has 1 atom stereocenters. The fraction of sp³-hybridized carbons (Fsp3) is 0.0769. The Morgan fingerprint density at radius 3 is 1.85 bits per heavy atom. The molecule has 0 spiro atoms. The largest absolute Gasteiger partial charge is 0.439 e. The predicted molar refractivity (Wildman–Crippen MR) is 126 cm³/mol. The number of hydrogen-bond donors (Lipinski definition) is 0. The minimum absolute atomic E-state index is 0.352. The van der Waals surface area contributed by atoms with E-state index in [1.807, 2.05) is 31.2 Å². The van der Waals surface area contributed by atoms with Crippen LogP contribution >= 0.6 is 7.37 Å². The summed E-state index contributed by atoms with van der Waals surface area (Å²) in [5.41, 5.74) is 2.43. The molecule has 0 radical (unpaired) electrons. The molecule has 0 aromatic heterocycles. The second-order valence-electron chi connectivity index (χ2n) is 7.37. The van der Waals surface area contributed by atoms with Gasteiger partial charge < -0.3 is 14.0 Å². The van der Waals surface area contributed by atoms with Gasteiger partial charge in [0.25, 0.3) is 20.3 Å². The van der Waals surface area contributed by atoms with E-state index in [2.05, 4.69) is 6.58 Å². The minimum atomic E-state index is -3.58. The normalized spacial score (nSPS) is 17.0. The van der Waals surface area contributed by atoms with Crippen LogP contribution in [-0.4, -0.2) is 12.9 Å². The van der Waals surface area contributed by atoms with Gasteiger partial charge in [0.2, 0.25) is 0 Å². The summed E-state index contributed by atoms with van der Waals surface area (Å²) in [5, 5.41) is 0.611. The number of hydrogen-bond acceptors (Lipinski definition) is 6. The van der Waals surface area contributed by atoms with Crippen LogP contribution < -0.4 is 14.8 Å². The first-order valence-corrected chi connectivity index (χ1v) is 11.8. The molecular weight excluding hydrogens is 439 g/mol. The molecule has 0 saturated carbocycles. The number of allylic oxidation sites excluding steroid dienone is 2. The van der Waals surface area contributed by atoms with Gasteiger partial charge >= 0.3 is 0 Å². The van der Waals surface area contributed by atoms with Gasteiger partial charge in [0.05, 0.1) is 5.30 Å². The molecule has 7 heteroatoms. The monoisotopic (exact) mass is 460 g/mol. The molecule has 6 nitrogen and oxygen atoms in total. The zero-order valence-corrected chi connectivity index (χ0v) is 18.7. The van der Waals surface area contributed by atoms with Crippen LogP contribution in [0.15, 0.2) is 91.2 Å². The molecule has 3 aromatic carbocycles. The van der Waals surface area contributed by atoms with Crippen LogP contribution in [-0.2, 0) is 18.7 Å². The van der Waals surface area contributed by atoms with E-state index in [0.717, 1.165) is 11.1 Å². The van der Waals surface area contributed by atoms with E-state index in [9.17, 15) is 14.2 Å². The Labute approximate surface area is 191 Å². The highest BCUT2D eigenvalue weighted by Crippen LogP contribution is 2.66. The van der Waals surface area contributed by atoms with E-state index >= 15 is 0 Å². The molecule has 1 unspecified atom stereocenters. The van der Waals surface area contributed by atoms with Crippen LogP contribution in [0.2, 0.25) is 0 Å². The predicted octanol–water partition coefficient (Wildman–Crippen LogP) is 5.40. The smallest absolute Gasteiger partial charge is 0.298 e. The van der Waals surface area contributed by atoms with Crippen LogP contribution in [0.25, 0.3) is 5.57 Å². The number of benzene rings is 3. The maximum Gasteiger partial charge on any atom is 0.298 e. The maximum atomic E-state index is 14.8. The molecular formula is C26H21O6P. The number of fused-ring (bicyclic) bond motifs is 1. The van der Waals surface area contributed by atoms with Crippen molar-refractivity contribution in [3.8, 4) is 11.5 Å². The summed E-state index contributed by atoms with van der Waals surface area (Å²) in [6.45, 7) is 6.45. The van der Waals surface area contributed by atoms with Crippen LogP contribution in [0.5, 0.6) is 11.5 Å². The van der Waals surface area contributed by atoms with Gasteiger partial charge in [0, 0.05) is 0 Å². The van der Waals surface area contributed by atoms with Gasteiger partial charge in [0.15, 0.2) is 0 Å². The number of ether oxygens (including phenoxy) is 2. The standard InChI is InChI=1S/C26H21O6P/c1-3-24-18(2)23-6-4-5-7-25(23)33(29,32-24)26(19-8-12-21(13-9-19)30-16-27)20-10-14-22(15-11-20)31-17-28/h3-17,26H,1H2,2H3.